The number of amides is 4. The zero-order valence-electron chi connectivity index (χ0n) is 11.7. The first-order valence-corrected chi connectivity index (χ1v) is 6.57. The summed E-state index contributed by atoms with van der Waals surface area (Å²) < 4.78 is 4.86. The van der Waals surface area contributed by atoms with Crippen molar-refractivity contribution in [2.45, 2.75) is 12.5 Å². The quantitative estimate of drug-likeness (QED) is 0.749. The molecule has 1 aliphatic rings. The highest BCUT2D eigenvalue weighted by atomic mass is 16.3. The Morgan fingerprint density at radius 2 is 2.09 bits per heavy atom. The second kappa shape index (κ2) is 5.03. The SMILES string of the molecule is C[C@]1(c2cccc(NC(=O)c3ccoc3)c2)NC(=O)NC1=O. The van der Waals surface area contributed by atoms with Gasteiger partial charge in [-0.05, 0) is 30.7 Å². The predicted octanol–water partition coefficient (Wildman–Crippen LogP) is 1.59. The van der Waals surface area contributed by atoms with Gasteiger partial charge in [-0.15, -0.1) is 0 Å². The number of nitrogens with one attached hydrogen (secondary N) is 3. The lowest BCUT2D eigenvalue weighted by Crippen LogP contribution is -2.40. The van der Waals surface area contributed by atoms with Crippen molar-refractivity contribution in [3.63, 3.8) is 0 Å². The molecule has 112 valence electrons. The minimum Gasteiger partial charge on any atom is -0.472 e. The Labute approximate surface area is 125 Å². The maximum atomic E-state index is 12.0. The lowest BCUT2D eigenvalue weighted by molar-refractivity contribution is -0.123. The third-order valence-electron chi connectivity index (χ3n) is 3.53. The average molecular weight is 299 g/mol. The Hall–Kier alpha value is -3.09. The first kappa shape index (κ1) is 13.9. The normalized spacial score (nSPS) is 20.4. The van der Waals surface area contributed by atoms with Crippen molar-refractivity contribution in [2.24, 2.45) is 0 Å². The molecule has 7 nitrogen and oxygen atoms in total. The van der Waals surface area contributed by atoms with Gasteiger partial charge in [-0.3, -0.25) is 14.9 Å². The first-order valence-electron chi connectivity index (χ1n) is 6.57. The number of rotatable bonds is 3. The molecule has 4 amide bonds. The molecule has 7 heteroatoms. The van der Waals surface area contributed by atoms with Gasteiger partial charge < -0.3 is 15.1 Å². The summed E-state index contributed by atoms with van der Waals surface area (Å²) >= 11 is 0. The minimum atomic E-state index is -1.16. The maximum Gasteiger partial charge on any atom is 0.322 e. The molecule has 2 heterocycles. The lowest BCUT2D eigenvalue weighted by atomic mass is 9.92. The zero-order valence-corrected chi connectivity index (χ0v) is 11.7. The Bertz CT molecular complexity index is 754. The van der Waals surface area contributed by atoms with Gasteiger partial charge in [0, 0.05) is 5.69 Å². The van der Waals surface area contributed by atoms with E-state index in [1.165, 1.54) is 12.5 Å². The van der Waals surface area contributed by atoms with Crippen LogP contribution in [0.3, 0.4) is 0 Å². The molecule has 0 bridgehead atoms. The zero-order chi connectivity index (χ0) is 15.7. The monoisotopic (exact) mass is 299 g/mol. The molecule has 1 aromatic heterocycles. The number of hydrogen-bond acceptors (Lipinski definition) is 4. The molecule has 3 N–H and O–H groups in total. The van der Waals surface area contributed by atoms with Crippen LogP contribution >= 0.6 is 0 Å². The van der Waals surface area contributed by atoms with Crippen LogP contribution in [0.15, 0.2) is 47.3 Å². The summed E-state index contributed by atoms with van der Waals surface area (Å²) in [6.07, 6.45) is 2.75. The summed E-state index contributed by atoms with van der Waals surface area (Å²) in [5, 5.41) is 7.48. The molecular weight excluding hydrogens is 286 g/mol. The molecule has 0 saturated carbocycles. The van der Waals surface area contributed by atoms with Gasteiger partial charge in [0.2, 0.25) is 0 Å². The molecule has 0 spiro atoms. The molecule has 1 aliphatic heterocycles. The van der Waals surface area contributed by atoms with E-state index in [-0.39, 0.29) is 5.91 Å². The molecule has 1 saturated heterocycles. The van der Waals surface area contributed by atoms with Crippen LogP contribution in [-0.4, -0.2) is 17.8 Å². The van der Waals surface area contributed by atoms with Crippen LogP contribution in [0, 0.1) is 0 Å². The van der Waals surface area contributed by atoms with E-state index >= 15 is 0 Å². The van der Waals surface area contributed by atoms with Crippen LogP contribution in [0.5, 0.6) is 0 Å². The number of furan rings is 1. The molecule has 0 radical (unpaired) electrons. The Balaban J connectivity index is 1.86. The van der Waals surface area contributed by atoms with Gasteiger partial charge in [0.05, 0.1) is 11.8 Å². The van der Waals surface area contributed by atoms with Crippen molar-refractivity contribution in [1.82, 2.24) is 10.6 Å². The highest BCUT2D eigenvalue weighted by Crippen LogP contribution is 2.26. The van der Waals surface area contributed by atoms with Gasteiger partial charge in [0.15, 0.2) is 0 Å². The highest BCUT2D eigenvalue weighted by Gasteiger charge is 2.43. The summed E-state index contributed by atoms with van der Waals surface area (Å²) in [7, 11) is 0. The number of carbonyl (C=O) groups is 3. The van der Waals surface area contributed by atoms with Crippen molar-refractivity contribution in [3.05, 3.63) is 54.0 Å². The first-order chi connectivity index (χ1) is 10.5. The molecule has 0 unspecified atom stereocenters. The fourth-order valence-corrected chi connectivity index (χ4v) is 2.25. The van der Waals surface area contributed by atoms with E-state index in [2.05, 4.69) is 16.0 Å². The van der Waals surface area contributed by atoms with Gasteiger partial charge in [0.1, 0.15) is 11.8 Å². The molecule has 1 aromatic carbocycles. The Morgan fingerprint density at radius 3 is 2.73 bits per heavy atom. The van der Waals surface area contributed by atoms with Gasteiger partial charge in [-0.1, -0.05) is 12.1 Å². The average Bonchev–Trinajstić information content (AvgIpc) is 3.09. The summed E-state index contributed by atoms with van der Waals surface area (Å²) in [5.41, 5.74) is 0.316. The molecule has 3 rings (SSSR count). The largest absolute Gasteiger partial charge is 0.472 e. The molecule has 1 fully saturated rings. The van der Waals surface area contributed by atoms with Crippen molar-refractivity contribution < 1.29 is 18.8 Å². The summed E-state index contributed by atoms with van der Waals surface area (Å²) in [6, 6.07) is 7.75. The number of anilines is 1. The summed E-state index contributed by atoms with van der Waals surface area (Å²) in [4.78, 5) is 35.3. The van der Waals surface area contributed by atoms with Crippen LogP contribution < -0.4 is 16.0 Å². The number of benzene rings is 1. The number of carbonyl (C=O) groups excluding carboxylic acids is 3. The van der Waals surface area contributed by atoms with Crippen LogP contribution in [0.25, 0.3) is 0 Å². The van der Waals surface area contributed by atoms with Gasteiger partial charge >= 0.3 is 6.03 Å². The standard InChI is InChI=1S/C15H13N3O4/c1-15(13(20)17-14(21)18-15)10-3-2-4-11(7-10)16-12(19)9-5-6-22-8-9/h2-8H,1H3,(H,16,19)(H2,17,18,20,21)/t15-/m1/s1. The van der Waals surface area contributed by atoms with Crippen LogP contribution in [0.2, 0.25) is 0 Å². The Morgan fingerprint density at radius 1 is 1.27 bits per heavy atom. The third kappa shape index (κ3) is 2.32. The van der Waals surface area contributed by atoms with E-state index in [0.717, 1.165) is 0 Å². The molecule has 2 aromatic rings. The lowest BCUT2D eigenvalue weighted by Gasteiger charge is -2.21. The van der Waals surface area contributed by atoms with E-state index in [0.29, 0.717) is 16.8 Å². The number of urea groups is 1. The van der Waals surface area contributed by atoms with Crippen molar-refractivity contribution in [3.8, 4) is 0 Å². The fourth-order valence-electron chi connectivity index (χ4n) is 2.25. The smallest absolute Gasteiger partial charge is 0.322 e. The number of hydrogen-bond donors (Lipinski definition) is 3. The Kier molecular flexibility index (Phi) is 3.17. The second-order valence-corrected chi connectivity index (χ2v) is 5.08. The van der Waals surface area contributed by atoms with E-state index in [1.807, 2.05) is 0 Å². The summed E-state index contributed by atoms with van der Waals surface area (Å²) in [6.45, 7) is 1.60. The van der Waals surface area contributed by atoms with Crippen LogP contribution in [-0.2, 0) is 10.3 Å². The molecular formula is C15H13N3O4. The van der Waals surface area contributed by atoms with Gasteiger partial charge in [-0.2, -0.15) is 0 Å². The van der Waals surface area contributed by atoms with Gasteiger partial charge in [-0.25, -0.2) is 4.79 Å². The van der Waals surface area contributed by atoms with Crippen LogP contribution in [0.1, 0.15) is 22.8 Å². The van der Waals surface area contributed by atoms with Gasteiger partial charge in [0.25, 0.3) is 11.8 Å². The van der Waals surface area contributed by atoms with E-state index in [1.54, 1.807) is 37.3 Å². The molecule has 22 heavy (non-hydrogen) atoms. The van der Waals surface area contributed by atoms with Crippen molar-refractivity contribution in [2.75, 3.05) is 5.32 Å². The molecule has 1 atom stereocenters. The van der Waals surface area contributed by atoms with Crippen molar-refractivity contribution in [1.29, 1.82) is 0 Å². The predicted molar refractivity (Wildman–Crippen MR) is 77.1 cm³/mol. The van der Waals surface area contributed by atoms with Crippen molar-refractivity contribution >= 4 is 23.5 Å². The maximum absolute atomic E-state index is 12.0. The molecule has 0 aliphatic carbocycles. The number of imide groups is 1. The van der Waals surface area contributed by atoms with E-state index < -0.39 is 17.5 Å². The van der Waals surface area contributed by atoms with E-state index in [4.69, 9.17) is 4.42 Å². The van der Waals surface area contributed by atoms with E-state index in [9.17, 15) is 14.4 Å². The summed E-state index contributed by atoms with van der Waals surface area (Å²) in [5.74, 6) is -0.758. The minimum absolute atomic E-state index is 0.323. The van der Waals surface area contributed by atoms with Crippen LogP contribution in [0.4, 0.5) is 10.5 Å². The topological polar surface area (TPSA) is 100 Å². The highest BCUT2D eigenvalue weighted by molar-refractivity contribution is 6.07. The second-order valence-electron chi connectivity index (χ2n) is 5.08. The third-order valence-corrected chi connectivity index (χ3v) is 3.53. The fraction of sp³-hybridized carbons (Fsp3) is 0.133.